The molecular weight excluding hydrogens is 372 g/mol. The summed E-state index contributed by atoms with van der Waals surface area (Å²) in [7, 11) is 0. The molecule has 0 aliphatic rings. The summed E-state index contributed by atoms with van der Waals surface area (Å²) in [5, 5.41) is 17.1. The highest BCUT2D eigenvalue weighted by Crippen LogP contribution is 2.21. The van der Waals surface area contributed by atoms with Gasteiger partial charge in [-0.05, 0) is 29.1 Å². The van der Waals surface area contributed by atoms with E-state index < -0.39 is 4.92 Å². The number of hydrogen-bond acceptors (Lipinski definition) is 6. The lowest BCUT2D eigenvalue weighted by molar-refractivity contribution is -0.384. The molecule has 8 heteroatoms. The number of carbonyl (C=O) groups is 2. The number of ketones is 1. The highest BCUT2D eigenvalue weighted by Gasteiger charge is 2.13. The van der Waals surface area contributed by atoms with Gasteiger partial charge >= 0.3 is 0 Å². The van der Waals surface area contributed by atoms with E-state index in [1.54, 1.807) is 24.3 Å². The van der Waals surface area contributed by atoms with E-state index in [1.165, 1.54) is 34.8 Å². The average molecular weight is 386 g/mol. The molecule has 1 amide bonds. The summed E-state index contributed by atoms with van der Waals surface area (Å²) < 4.78 is 0. The quantitative estimate of drug-likeness (QED) is 0.380. The van der Waals surface area contributed by atoms with Crippen LogP contribution in [0.4, 0.5) is 5.69 Å². The van der Waals surface area contributed by atoms with E-state index in [1.807, 2.05) is 16.8 Å². The molecule has 26 heavy (non-hydrogen) atoms. The minimum absolute atomic E-state index is 0.00411. The number of benzene rings is 1. The van der Waals surface area contributed by atoms with Gasteiger partial charge in [0.2, 0.25) is 11.7 Å². The Morgan fingerprint density at radius 2 is 1.85 bits per heavy atom. The summed E-state index contributed by atoms with van der Waals surface area (Å²) in [5.41, 5.74) is 1.37. The zero-order valence-corrected chi connectivity index (χ0v) is 15.1. The molecule has 3 aromatic rings. The van der Waals surface area contributed by atoms with Crippen LogP contribution in [-0.2, 0) is 17.8 Å². The molecule has 0 bridgehead atoms. The van der Waals surface area contributed by atoms with Gasteiger partial charge in [-0.15, -0.1) is 11.3 Å². The molecule has 1 N–H and O–H groups in total. The standard InChI is InChI=1S/C18H14N2O4S2/c21-17(9-12-1-3-14(4-2-12)20(23)24)19-10-15-5-6-16(26-15)18(22)13-7-8-25-11-13/h1-8,11H,9-10H2,(H,19,21). The fourth-order valence-electron chi connectivity index (χ4n) is 2.30. The van der Waals surface area contributed by atoms with Gasteiger partial charge in [0.15, 0.2) is 0 Å². The number of hydrogen-bond donors (Lipinski definition) is 1. The lowest BCUT2D eigenvalue weighted by Crippen LogP contribution is -2.24. The average Bonchev–Trinajstić information content (AvgIpc) is 3.32. The molecule has 1 aromatic carbocycles. The van der Waals surface area contributed by atoms with E-state index in [0.717, 1.165) is 4.88 Å². The normalized spacial score (nSPS) is 10.5. The number of rotatable bonds is 7. The van der Waals surface area contributed by atoms with E-state index >= 15 is 0 Å². The Hall–Kier alpha value is -2.84. The van der Waals surface area contributed by atoms with Crippen molar-refractivity contribution in [2.75, 3.05) is 0 Å². The number of amides is 1. The third-order valence-electron chi connectivity index (χ3n) is 3.64. The van der Waals surface area contributed by atoms with E-state index in [0.29, 0.717) is 22.5 Å². The third kappa shape index (κ3) is 4.41. The van der Waals surface area contributed by atoms with Crippen LogP contribution in [0.15, 0.2) is 53.2 Å². The Kier molecular flexibility index (Phi) is 5.55. The summed E-state index contributed by atoms with van der Waals surface area (Å²) in [4.78, 5) is 36.0. The highest BCUT2D eigenvalue weighted by molar-refractivity contribution is 7.14. The van der Waals surface area contributed by atoms with Gasteiger partial charge in [0.25, 0.3) is 5.69 Å². The summed E-state index contributed by atoms with van der Waals surface area (Å²) in [6.45, 7) is 0.341. The highest BCUT2D eigenvalue weighted by atomic mass is 32.1. The van der Waals surface area contributed by atoms with Crippen LogP contribution in [0.1, 0.15) is 25.7 Å². The molecule has 2 heterocycles. The number of thiophene rings is 2. The second-order valence-corrected chi connectivity index (χ2v) is 7.43. The van der Waals surface area contributed by atoms with Gasteiger partial charge in [-0.1, -0.05) is 12.1 Å². The molecule has 0 saturated carbocycles. The largest absolute Gasteiger partial charge is 0.351 e. The molecule has 0 fully saturated rings. The molecular formula is C18H14N2O4S2. The van der Waals surface area contributed by atoms with Crippen molar-refractivity contribution in [1.82, 2.24) is 5.32 Å². The molecule has 0 radical (unpaired) electrons. The van der Waals surface area contributed by atoms with Crippen LogP contribution in [0.25, 0.3) is 0 Å². The predicted octanol–water partition coefficient (Wildman–Crippen LogP) is 3.81. The van der Waals surface area contributed by atoms with Gasteiger partial charge in [0.05, 0.1) is 22.8 Å². The number of nitro groups is 1. The van der Waals surface area contributed by atoms with Crippen molar-refractivity contribution < 1.29 is 14.5 Å². The van der Waals surface area contributed by atoms with Crippen LogP contribution in [0, 0.1) is 10.1 Å². The Bertz CT molecular complexity index is 931. The number of nitrogens with one attached hydrogen (secondary N) is 1. The van der Waals surface area contributed by atoms with E-state index in [9.17, 15) is 19.7 Å². The monoisotopic (exact) mass is 386 g/mol. The lowest BCUT2D eigenvalue weighted by Gasteiger charge is -2.04. The van der Waals surface area contributed by atoms with Crippen LogP contribution in [0.2, 0.25) is 0 Å². The summed E-state index contributed by atoms with van der Waals surface area (Å²) in [6, 6.07) is 11.3. The van der Waals surface area contributed by atoms with Gasteiger partial charge < -0.3 is 5.32 Å². The molecule has 132 valence electrons. The van der Waals surface area contributed by atoms with Crippen molar-refractivity contribution >= 4 is 40.1 Å². The van der Waals surface area contributed by atoms with Crippen molar-refractivity contribution in [2.24, 2.45) is 0 Å². The molecule has 0 aliphatic carbocycles. The van der Waals surface area contributed by atoms with E-state index in [-0.39, 0.29) is 23.8 Å². The molecule has 6 nitrogen and oxygen atoms in total. The smallest absolute Gasteiger partial charge is 0.269 e. The Morgan fingerprint density at radius 3 is 2.50 bits per heavy atom. The topological polar surface area (TPSA) is 89.3 Å². The van der Waals surface area contributed by atoms with Crippen LogP contribution < -0.4 is 5.32 Å². The van der Waals surface area contributed by atoms with Gasteiger partial charge in [0.1, 0.15) is 0 Å². The van der Waals surface area contributed by atoms with Crippen LogP contribution in [-0.4, -0.2) is 16.6 Å². The molecule has 2 aromatic heterocycles. The molecule has 0 unspecified atom stereocenters. The van der Waals surface area contributed by atoms with Gasteiger partial charge in [-0.3, -0.25) is 19.7 Å². The third-order valence-corrected chi connectivity index (χ3v) is 5.41. The minimum atomic E-state index is -0.477. The first-order chi connectivity index (χ1) is 12.5. The second kappa shape index (κ2) is 8.03. The van der Waals surface area contributed by atoms with E-state index in [4.69, 9.17) is 0 Å². The van der Waals surface area contributed by atoms with Crippen molar-refractivity contribution in [1.29, 1.82) is 0 Å². The van der Waals surface area contributed by atoms with Gasteiger partial charge in [-0.25, -0.2) is 0 Å². The van der Waals surface area contributed by atoms with E-state index in [2.05, 4.69) is 5.32 Å². The summed E-state index contributed by atoms with van der Waals surface area (Å²) >= 11 is 2.83. The number of nitro benzene ring substituents is 1. The van der Waals surface area contributed by atoms with Gasteiger partial charge in [-0.2, -0.15) is 11.3 Å². The van der Waals surface area contributed by atoms with Crippen molar-refractivity contribution in [3.8, 4) is 0 Å². The molecule has 3 rings (SSSR count). The zero-order valence-electron chi connectivity index (χ0n) is 13.5. The number of nitrogens with zero attached hydrogens (tertiary/aromatic N) is 1. The van der Waals surface area contributed by atoms with Crippen molar-refractivity contribution in [2.45, 2.75) is 13.0 Å². The maximum atomic E-state index is 12.3. The molecule has 0 spiro atoms. The fourth-order valence-corrected chi connectivity index (χ4v) is 3.85. The molecule has 0 atom stereocenters. The zero-order chi connectivity index (χ0) is 18.5. The minimum Gasteiger partial charge on any atom is -0.351 e. The first-order valence-corrected chi connectivity index (χ1v) is 9.44. The molecule has 0 saturated heterocycles. The van der Waals surface area contributed by atoms with Crippen molar-refractivity contribution in [3.63, 3.8) is 0 Å². The van der Waals surface area contributed by atoms with Crippen LogP contribution in [0.3, 0.4) is 0 Å². The SMILES string of the molecule is O=C(Cc1ccc([N+](=O)[O-])cc1)NCc1ccc(C(=O)c2ccsc2)s1. The van der Waals surface area contributed by atoms with Crippen molar-refractivity contribution in [3.05, 3.63) is 84.2 Å². The van der Waals surface area contributed by atoms with Gasteiger partial charge in [0, 0.05) is 28.0 Å². The summed E-state index contributed by atoms with van der Waals surface area (Å²) in [6.07, 6.45) is 0.143. The second-order valence-electron chi connectivity index (χ2n) is 5.48. The first kappa shape index (κ1) is 18.0. The Balaban J connectivity index is 1.53. The molecule has 0 aliphatic heterocycles. The first-order valence-electron chi connectivity index (χ1n) is 7.68. The number of carbonyl (C=O) groups excluding carboxylic acids is 2. The fraction of sp³-hybridized carbons (Fsp3) is 0.111. The summed E-state index contributed by atoms with van der Waals surface area (Å²) in [5.74, 6) is -0.197. The van der Waals surface area contributed by atoms with Crippen LogP contribution in [0.5, 0.6) is 0 Å². The Labute approximate surface area is 157 Å². The predicted molar refractivity (Wildman–Crippen MR) is 101 cm³/mol. The maximum Gasteiger partial charge on any atom is 0.269 e. The Morgan fingerprint density at radius 1 is 1.08 bits per heavy atom. The maximum absolute atomic E-state index is 12.3. The lowest BCUT2D eigenvalue weighted by atomic mass is 10.1. The number of non-ortho nitro benzene ring substituents is 1. The van der Waals surface area contributed by atoms with Crippen LogP contribution >= 0.6 is 22.7 Å².